The maximum Gasteiger partial charge on any atom is 0.312 e. The van der Waals surface area contributed by atoms with Crippen molar-refractivity contribution in [2.24, 2.45) is 5.92 Å². The summed E-state index contributed by atoms with van der Waals surface area (Å²) in [6, 6.07) is 0. The Kier molecular flexibility index (Phi) is 5.02. The molecule has 1 aromatic rings. The molecule has 0 spiro atoms. The highest BCUT2D eigenvalue weighted by Gasteiger charge is 2.21. The highest BCUT2D eigenvalue weighted by molar-refractivity contribution is 5.75. The molecule has 0 aliphatic carbocycles. The van der Waals surface area contributed by atoms with Crippen molar-refractivity contribution in [3.63, 3.8) is 0 Å². The van der Waals surface area contributed by atoms with E-state index in [1.807, 2.05) is 13.8 Å². The maximum absolute atomic E-state index is 11.6. The Balaban J connectivity index is 2.61. The van der Waals surface area contributed by atoms with Gasteiger partial charge in [-0.1, -0.05) is 13.8 Å². The molecule has 0 fully saturated rings. The fraction of sp³-hybridized carbons (Fsp3) is 0.667. The van der Waals surface area contributed by atoms with Gasteiger partial charge in [0.25, 0.3) is 0 Å². The van der Waals surface area contributed by atoms with Crippen molar-refractivity contribution in [2.45, 2.75) is 40.7 Å². The molecule has 7 heteroatoms. The van der Waals surface area contributed by atoms with Crippen LogP contribution in [-0.4, -0.2) is 27.2 Å². The van der Waals surface area contributed by atoms with E-state index in [2.05, 4.69) is 10.4 Å². The molecule has 19 heavy (non-hydrogen) atoms. The first-order chi connectivity index (χ1) is 8.82. The van der Waals surface area contributed by atoms with Gasteiger partial charge in [0.1, 0.15) is 11.4 Å². The summed E-state index contributed by atoms with van der Waals surface area (Å²) >= 11 is 0. The number of aromatic nitrogens is 2. The molecular formula is C12H20N4O3. The van der Waals surface area contributed by atoms with Gasteiger partial charge in [0.05, 0.1) is 11.5 Å². The fourth-order valence-electron chi connectivity index (χ4n) is 1.78. The van der Waals surface area contributed by atoms with E-state index in [1.54, 1.807) is 13.8 Å². The third-order valence-corrected chi connectivity index (χ3v) is 2.78. The van der Waals surface area contributed by atoms with E-state index in [0.29, 0.717) is 30.4 Å². The van der Waals surface area contributed by atoms with Crippen LogP contribution in [0.4, 0.5) is 5.69 Å². The quantitative estimate of drug-likeness (QED) is 0.626. The Morgan fingerprint density at radius 2 is 2.11 bits per heavy atom. The summed E-state index contributed by atoms with van der Waals surface area (Å²) in [6.07, 6.45) is 0.270. The van der Waals surface area contributed by atoms with E-state index in [9.17, 15) is 14.9 Å². The molecule has 0 bridgehead atoms. The standard InChI is InChI=1S/C12H20N4O3/c1-8(2)7-13-11(17)5-6-15-10(4)12(16(18)19)9(3)14-15/h8H,5-7H2,1-4H3,(H,13,17). The topological polar surface area (TPSA) is 90.1 Å². The highest BCUT2D eigenvalue weighted by atomic mass is 16.6. The van der Waals surface area contributed by atoms with Crippen LogP contribution in [0.2, 0.25) is 0 Å². The summed E-state index contributed by atoms with van der Waals surface area (Å²) in [6.45, 7) is 8.26. The molecule has 1 aromatic heterocycles. The summed E-state index contributed by atoms with van der Waals surface area (Å²) < 4.78 is 1.52. The van der Waals surface area contributed by atoms with Crippen LogP contribution in [0.3, 0.4) is 0 Å². The van der Waals surface area contributed by atoms with Crippen LogP contribution in [0.5, 0.6) is 0 Å². The monoisotopic (exact) mass is 268 g/mol. The molecule has 0 atom stereocenters. The summed E-state index contributed by atoms with van der Waals surface area (Å²) in [5, 5.41) is 17.7. The molecule has 0 aliphatic rings. The minimum atomic E-state index is -0.437. The van der Waals surface area contributed by atoms with E-state index in [-0.39, 0.29) is 18.0 Å². The number of carbonyl (C=O) groups excluding carboxylic acids is 1. The van der Waals surface area contributed by atoms with Crippen LogP contribution >= 0.6 is 0 Å². The molecule has 1 amide bonds. The number of carbonyl (C=O) groups is 1. The number of aryl methyl sites for hydroxylation is 2. The van der Waals surface area contributed by atoms with Gasteiger partial charge in [0, 0.05) is 13.0 Å². The Bertz CT molecular complexity index is 480. The van der Waals surface area contributed by atoms with Crippen LogP contribution in [0.15, 0.2) is 0 Å². The summed E-state index contributed by atoms with van der Waals surface area (Å²) in [5.41, 5.74) is 0.895. The minimum absolute atomic E-state index is 0.0302. The van der Waals surface area contributed by atoms with Crippen LogP contribution in [0, 0.1) is 29.9 Å². The Hall–Kier alpha value is -1.92. The van der Waals surface area contributed by atoms with Crippen LogP contribution < -0.4 is 5.32 Å². The SMILES string of the molecule is Cc1nn(CCC(=O)NCC(C)C)c(C)c1[N+](=O)[O-]. The van der Waals surface area contributed by atoms with Gasteiger partial charge in [0.2, 0.25) is 5.91 Å². The van der Waals surface area contributed by atoms with Crippen molar-refractivity contribution in [2.75, 3.05) is 6.54 Å². The number of rotatable bonds is 6. The van der Waals surface area contributed by atoms with Gasteiger partial charge in [-0.3, -0.25) is 19.6 Å². The first-order valence-corrected chi connectivity index (χ1v) is 6.28. The van der Waals surface area contributed by atoms with Gasteiger partial charge < -0.3 is 5.32 Å². The molecule has 1 rings (SSSR count). The lowest BCUT2D eigenvalue weighted by molar-refractivity contribution is -0.386. The Labute approximate surface area is 112 Å². The second-order valence-electron chi connectivity index (χ2n) is 4.95. The third kappa shape index (κ3) is 4.04. The lowest BCUT2D eigenvalue weighted by Crippen LogP contribution is -2.28. The van der Waals surface area contributed by atoms with Crippen molar-refractivity contribution in [3.05, 3.63) is 21.5 Å². The number of nitrogens with one attached hydrogen (secondary N) is 1. The molecule has 0 saturated heterocycles. The van der Waals surface area contributed by atoms with E-state index in [0.717, 1.165) is 0 Å². The molecule has 0 radical (unpaired) electrons. The summed E-state index contributed by atoms with van der Waals surface area (Å²) in [5.74, 6) is 0.336. The molecule has 0 unspecified atom stereocenters. The average molecular weight is 268 g/mol. The number of hydrogen-bond donors (Lipinski definition) is 1. The van der Waals surface area contributed by atoms with Crippen molar-refractivity contribution in [1.29, 1.82) is 0 Å². The van der Waals surface area contributed by atoms with E-state index >= 15 is 0 Å². The zero-order chi connectivity index (χ0) is 14.6. The van der Waals surface area contributed by atoms with Gasteiger partial charge in [-0.25, -0.2) is 0 Å². The normalized spacial score (nSPS) is 10.8. The molecule has 106 valence electrons. The smallest absolute Gasteiger partial charge is 0.312 e. The van der Waals surface area contributed by atoms with Gasteiger partial charge >= 0.3 is 5.69 Å². The van der Waals surface area contributed by atoms with E-state index in [4.69, 9.17) is 0 Å². The largest absolute Gasteiger partial charge is 0.356 e. The second-order valence-corrected chi connectivity index (χ2v) is 4.95. The molecular weight excluding hydrogens is 248 g/mol. The number of hydrogen-bond acceptors (Lipinski definition) is 4. The lowest BCUT2D eigenvalue weighted by atomic mass is 10.2. The third-order valence-electron chi connectivity index (χ3n) is 2.78. The number of amides is 1. The van der Waals surface area contributed by atoms with Crippen molar-refractivity contribution < 1.29 is 9.72 Å². The summed E-state index contributed by atoms with van der Waals surface area (Å²) in [7, 11) is 0. The average Bonchev–Trinajstić information content (AvgIpc) is 2.58. The zero-order valence-corrected chi connectivity index (χ0v) is 11.8. The van der Waals surface area contributed by atoms with E-state index in [1.165, 1.54) is 4.68 Å². The molecule has 1 heterocycles. The Morgan fingerprint density at radius 3 is 2.58 bits per heavy atom. The lowest BCUT2D eigenvalue weighted by Gasteiger charge is -2.08. The van der Waals surface area contributed by atoms with Crippen LogP contribution in [0.1, 0.15) is 31.7 Å². The predicted molar refractivity (Wildman–Crippen MR) is 70.8 cm³/mol. The maximum atomic E-state index is 11.6. The number of nitrogens with zero attached hydrogens (tertiary/aromatic N) is 3. The first-order valence-electron chi connectivity index (χ1n) is 6.28. The van der Waals surface area contributed by atoms with Crippen molar-refractivity contribution >= 4 is 11.6 Å². The fourth-order valence-corrected chi connectivity index (χ4v) is 1.78. The van der Waals surface area contributed by atoms with Gasteiger partial charge in [-0.15, -0.1) is 0 Å². The van der Waals surface area contributed by atoms with Gasteiger partial charge in [-0.05, 0) is 19.8 Å². The van der Waals surface area contributed by atoms with Crippen molar-refractivity contribution in [1.82, 2.24) is 15.1 Å². The minimum Gasteiger partial charge on any atom is -0.356 e. The molecule has 7 nitrogen and oxygen atoms in total. The second kappa shape index (κ2) is 6.31. The van der Waals surface area contributed by atoms with E-state index < -0.39 is 4.92 Å². The Morgan fingerprint density at radius 1 is 1.47 bits per heavy atom. The van der Waals surface area contributed by atoms with Gasteiger partial charge in [-0.2, -0.15) is 5.10 Å². The summed E-state index contributed by atoms with van der Waals surface area (Å²) in [4.78, 5) is 22.0. The molecule has 1 N–H and O–H groups in total. The predicted octanol–water partition coefficient (Wildman–Crippen LogP) is 1.57. The van der Waals surface area contributed by atoms with Crippen LogP contribution in [-0.2, 0) is 11.3 Å². The van der Waals surface area contributed by atoms with Gasteiger partial charge in [0.15, 0.2) is 0 Å². The zero-order valence-electron chi connectivity index (χ0n) is 11.8. The molecule has 0 saturated carbocycles. The highest BCUT2D eigenvalue weighted by Crippen LogP contribution is 2.21. The molecule has 0 aliphatic heterocycles. The first kappa shape index (κ1) is 15.1. The molecule has 0 aromatic carbocycles. The van der Waals surface area contributed by atoms with Crippen LogP contribution in [0.25, 0.3) is 0 Å². The van der Waals surface area contributed by atoms with Crippen molar-refractivity contribution in [3.8, 4) is 0 Å². The number of nitro groups is 1.